The van der Waals surface area contributed by atoms with Crippen LogP contribution in [0.5, 0.6) is 0 Å². The van der Waals surface area contributed by atoms with E-state index in [0.717, 1.165) is 44.8 Å². The Morgan fingerprint density at radius 3 is 2.76 bits per heavy atom. The molecule has 2 heterocycles. The van der Waals surface area contributed by atoms with Crippen molar-refractivity contribution in [1.82, 2.24) is 10.2 Å². The van der Waals surface area contributed by atoms with Gasteiger partial charge in [-0.25, -0.2) is 0 Å². The molecule has 0 bridgehead atoms. The van der Waals surface area contributed by atoms with Crippen LogP contribution >= 0.6 is 0 Å². The zero-order valence-corrected chi connectivity index (χ0v) is 10.5. The van der Waals surface area contributed by atoms with Crippen molar-refractivity contribution in [2.45, 2.75) is 32.4 Å². The molecule has 0 spiro atoms. The average molecular weight is 238 g/mol. The molecule has 4 nitrogen and oxygen atoms in total. The van der Waals surface area contributed by atoms with E-state index in [0.29, 0.717) is 11.8 Å². The van der Waals surface area contributed by atoms with Gasteiger partial charge in [-0.2, -0.15) is 0 Å². The molecule has 0 aliphatic carbocycles. The van der Waals surface area contributed by atoms with Crippen molar-refractivity contribution in [3.63, 3.8) is 0 Å². The highest BCUT2D eigenvalue weighted by atomic mass is 16.4. The van der Waals surface area contributed by atoms with Crippen LogP contribution in [0.2, 0.25) is 0 Å². The summed E-state index contributed by atoms with van der Waals surface area (Å²) in [5.41, 5.74) is 0. The maximum absolute atomic E-state index is 9.06. The SMILES string of the molecule is CCC[C@H](c1ccc(CO)o1)N1CCNCC1. The minimum Gasteiger partial charge on any atom is -0.462 e. The molecule has 2 rings (SSSR count). The monoisotopic (exact) mass is 238 g/mol. The van der Waals surface area contributed by atoms with Crippen molar-refractivity contribution in [3.05, 3.63) is 23.7 Å². The van der Waals surface area contributed by atoms with Crippen molar-refractivity contribution < 1.29 is 9.52 Å². The third-order valence-corrected chi connectivity index (χ3v) is 3.32. The largest absolute Gasteiger partial charge is 0.462 e. The number of nitrogens with one attached hydrogen (secondary N) is 1. The van der Waals surface area contributed by atoms with E-state index in [1.807, 2.05) is 12.1 Å². The quantitative estimate of drug-likeness (QED) is 0.816. The lowest BCUT2D eigenvalue weighted by atomic mass is 10.1. The fourth-order valence-electron chi connectivity index (χ4n) is 2.43. The van der Waals surface area contributed by atoms with E-state index < -0.39 is 0 Å². The standard InChI is InChI=1S/C13H22N2O2/c1-2-3-12(15-8-6-14-7-9-15)13-5-4-11(10-16)17-13/h4-5,12,14,16H,2-3,6-10H2,1H3/t12-/m1/s1. The van der Waals surface area contributed by atoms with Crippen LogP contribution in [0.4, 0.5) is 0 Å². The van der Waals surface area contributed by atoms with Crippen molar-refractivity contribution in [3.8, 4) is 0 Å². The molecular weight excluding hydrogens is 216 g/mol. The van der Waals surface area contributed by atoms with Crippen molar-refractivity contribution in [1.29, 1.82) is 0 Å². The summed E-state index contributed by atoms with van der Waals surface area (Å²) >= 11 is 0. The molecule has 1 aliphatic heterocycles. The van der Waals surface area contributed by atoms with Crippen molar-refractivity contribution in [2.75, 3.05) is 26.2 Å². The molecule has 17 heavy (non-hydrogen) atoms. The summed E-state index contributed by atoms with van der Waals surface area (Å²) in [6, 6.07) is 4.25. The summed E-state index contributed by atoms with van der Waals surface area (Å²) in [5, 5.41) is 12.4. The first-order valence-electron chi connectivity index (χ1n) is 6.49. The Bertz CT molecular complexity index is 332. The highest BCUT2D eigenvalue weighted by Crippen LogP contribution is 2.27. The fourth-order valence-corrected chi connectivity index (χ4v) is 2.43. The van der Waals surface area contributed by atoms with E-state index in [2.05, 4.69) is 17.1 Å². The molecule has 0 radical (unpaired) electrons. The molecule has 1 aromatic rings. The molecule has 1 aromatic heterocycles. The molecule has 1 fully saturated rings. The maximum Gasteiger partial charge on any atom is 0.129 e. The van der Waals surface area contributed by atoms with E-state index in [1.165, 1.54) is 0 Å². The molecule has 1 saturated heterocycles. The fraction of sp³-hybridized carbons (Fsp3) is 0.692. The molecule has 4 heteroatoms. The van der Waals surface area contributed by atoms with Gasteiger partial charge in [0.1, 0.15) is 18.1 Å². The Hall–Kier alpha value is -0.840. The van der Waals surface area contributed by atoms with E-state index in [4.69, 9.17) is 9.52 Å². The van der Waals surface area contributed by atoms with Gasteiger partial charge in [-0.15, -0.1) is 0 Å². The summed E-state index contributed by atoms with van der Waals surface area (Å²) in [4.78, 5) is 2.47. The molecule has 0 amide bonds. The van der Waals surface area contributed by atoms with Crippen LogP contribution in [-0.2, 0) is 6.61 Å². The Kier molecular flexibility index (Phi) is 4.59. The highest BCUT2D eigenvalue weighted by Gasteiger charge is 2.23. The maximum atomic E-state index is 9.06. The molecular formula is C13H22N2O2. The second-order valence-corrected chi connectivity index (χ2v) is 4.55. The minimum absolute atomic E-state index is 0.0135. The number of aliphatic hydroxyl groups is 1. The van der Waals surface area contributed by atoms with Gasteiger partial charge in [0.15, 0.2) is 0 Å². The third-order valence-electron chi connectivity index (χ3n) is 3.32. The Morgan fingerprint density at radius 1 is 1.41 bits per heavy atom. The van der Waals surface area contributed by atoms with Crippen LogP contribution < -0.4 is 5.32 Å². The number of piperazine rings is 1. The van der Waals surface area contributed by atoms with Crippen LogP contribution in [0.15, 0.2) is 16.5 Å². The summed E-state index contributed by atoms with van der Waals surface area (Å²) in [6.45, 7) is 6.42. The van der Waals surface area contributed by atoms with Crippen molar-refractivity contribution >= 4 is 0 Å². The lowest BCUT2D eigenvalue weighted by Crippen LogP contribution is -2.45. The molecule has 1 aliphatic rings. The predicted octanol–water partition coefficient (Wildman–Crippen LogP) is 1.52. The highest BCUT2D eigenvalue weighted by molar-refractivity contribution is 5.11. The number of nitrogens with zero attached hydrogens (tertiary/aromatic N) is 1. The van der Waals surface area contributed by atoms with Gasteiger partial charge in [-0.1, -0.05) is 13.3 Å². The van der Waals surface area contributed by atoms with Gasteiger partial charge in [0.2, 0.25) is 0 Å². The normalized spacial score (nSPS) is 19.4. The van der Waals surface area contributed by atoms with Gasteiger partial charge >= 0.3 is 0 Å². The van der Waals surface area contributed by atoms with Crippen LogP contribution in [-0.4, -0.2) is 36.2 Å². The second kappa shape index (κ2) is 6.19. The molecule has 0 unspecified atom stereocenters. The van der Waals surface area contributed by atoms with Crippen LogP contribution in [0.1, 0.15) is 37.3 Å². The third kappa shape index (κ3) is 3.09. The van der Waals surface area contributed by atoms with Crippen LogP contribution in [0, 0.1) is 0 Å². The van der Waals surface area contributed by atoms with Crippen LogP contribution in [0.3, 0.4) is 0 Å². The first-order valence-corrected chi connectivity index (χ1v) is 6.49. The van der Waals surface area contributed by atoms with Gasteiger partial charge in [-0.3, -0.25) is 4.90 Å². The lowest BCUT2D eigenvalue weighted by molar-refractivity contribution is 0.140. The molecule has 0 saturated carbocycles. The van der Waals surface area contributed by atoms with E-state index in [1.54, 1.807) is 0 Å². The molecule has 0 aromatic carbocycles. The van der Waals surface area contributed by atoms with E-state index >= 15 is 0 Å². The topological polar surface area (TPSA) is 48.6 Å². The first-order chi connectivity index (χ1) is 8.35. The Morgan fingerprint density at radius 2 is 2.18 bits per heavy atom. The Labute approximate surface area is 103 Å². The molecule has 1 atom stereocenters. The number of hydrogen-bond acceptors (Lipinski definition) is 4. The first kappa shape index (κ1) is 12.6. The number of hydrogen-bond donors (Lipinski definition) is 2. The smallest absolute Gasteiger partial charge is 0.129 e. The molecule has 2 N–H and O–H groups in total. The minimum atomic E-state index is -0.0135. The predicted molar refractivity (Wildman–Crippen MR) is 66.7 cm³/mol. The van der Waals surface area contributed by atoms with Crippen molar-refractivity contribution in [2.24, 2.45) is 0 Å². The number of rotatable bonds is 5. The van der Waals surface area contributed by atoms with Gasteiger partial charge < -0.3 is 14.8 Å². The van der Waals surface area contributed by atoms with Gasteiger partial charge in [0.25, 0.3) is 0 Å². The Balaban J connectivity index is 2.09. The summed E-state index contributed by atoms with van der Waals surface area (Å²) in [5.74, 6) is 1.66. The van der Waals surface area contributed by atoms with E-state index in [9.17, 15) is 0 Å². The zero-order chi connectivity index (χ0) is 12.1. The van der Waals surface area contributed by atoms with Gasteiger partial charge in [0.05, 0.1) is 6.04 Å². The summed E-state index contributed by atoms with van der Waals surface area (Å²) < 4.78 is 5.69. The number of furan rings is 1. The van der Waals surface area contributed by atoms with E-state index in [-0.39, 0.29) is 6.61 Å². The summed E-state index contributed by atoms with van der Waals surface area (Å²) in [7, 11) is 0. The van der Waals surface area contributed by atoms with Crippen LogP contribution in [0.25, 0.3) is 0 Å². The zero-order valence-electron chi connectivity index (χ0n) is 10.5. The lowest BCUT2D eigenvalue weighted by Gasteiger charge is -2.33. The number of aliphatic hydroxyl groups excluding tert-OH is 1. The molecule has 96 valence electrons. The second-order valence-electron chi connectivity index (χ2n) is 4.55. The summed E-state index contributed by atoms with van der Waals surface area (Å²) in [6.07, 6.45) is 2.25. The average Bonchev–Trinajstić information content (AvgIpc) is 2.85. The van der Waals surface area contributed by atoms with Gasteiger partial charge in [-0.05, 0) is 18.6 Å². The van der Waals surface area contributed by atoms with Gasteiger partial charge in [0, 0.05) is 26.2 Å².